The van der Waals surface area contributed by atoms with E-state index in [4.69, 9.17) is 9.40 Å². The SMILES string of the molecule is c1coc(Cn2nnnc2CN2CCC(c3nc4ccccc4s3)CC2)c1. The number of piperidine rings is 1. The van der Waals surface area contributed by atoms with E-state index >= 15 is 0 Å². The van der Waals surface area contributed by atoms with E-state index < -0.39 is 0 Å². The second kappa shape index (κ2) is 7.21. The Morgan fingerprint density at radius 2 is 1.96 bits per heavy atom. The van der Waals surface area contributed by atoms with Gasteiger partial charge in [-0.15, -0.1) is 16.4 Å². The lowest BCUT2D eigenvalue weighted by Crippen LogP contribution is -2.33. The molecule has 8 heteroatoms. The summed E-state index contributed by atoms with van der Waals surface area (Å²) in [6.07, 6.45) is 3.92. The van der Waals surface area contributed by atoms with Crippen LogP contribution in [0.25, 0.3) is 10.2 Å². The van der Waals surface area contributed by atoms with Crippen LogP contribution >= 0.6 is 11.3 Å². The van der Waals surface area contributed by atoms with Gasteiger partial charge in [0, 0.05) is 5.92 Å². The molecule has 0 aliphatic carbocycles. The van der Waals surface area contributed by atoms with E-state index in [1.54, 1.807) is 6.26 Å². The van der Waals surface area contributed by atoms with Crippen LogP contribution < -0.4 is 0 Å². The fourth-order valence-corrected chi connectivity index (χ4v) is 4.75. The molecule has 1 aliphatic heterocycles. The monoisotopic (exact) mass is 380 g/mol. The van der Waals surface area contributed by atoms with Crippen LogP contribution in [0.2, 0.25) is 0 Å². The van der Waals surface area contributed by atoms with Crippen molar-refractivity contribution in [3.8, 4) is 0 Å². The molecular weight excluding hydrogens is 360 g/mol. The van der Waals surface area contributed by atoms with Crippen molar-refractivity contribution in [3.63, 3.8) is 0 Å². The molecule has 27 heavy (non-hydrogen) atoms. The number of furan rings is 1. The van der Waals surface area contributed by atoms with E-state index in [2.05, 4.69) is 44.7 Å². The first-order valence-corrected chi connectivity index (χ1v) is 10.0. The van der Waals surface area contributed by atoms with Crippen LogP contribution in [0.4, 0.5) is 0 Å². The van der Waals surface area contributed by atoms with Crippen LogP contribution in [-0.2, 0) is 13.1 Å². The van der Waals surface area contributed by atoms with Gasteiger partial charge in [0.15, 0.2) is 5.82 Å². The highest BCUT2D eigenvalue weighted by atomic mass is 32.1. The van der Waals surface area contributed by atoms with Crippen LogP contribution in [0.3, 0.4) is 0 Å². The maximum atomic E-state index is 5.40. The van der Waals surface area contributed by atoms with Crippen LogP contribution in [0.1, 0.15) is 35.4 Å². The van der Waals surface area contributed by atoms with Crippen LogP contribution in [0.5, 0.6) is 0 Å². The Labute approximate surface area is 160 Å². The maximum Gasteiger partial charge on any atom is 0.165 e. The van der Waals surface area contributed by atoms with Gasteiger partial charge in [0.1, 0.15) is 12.3 Å². The molecule has 4 heterocycles. The maximum absolute atomic E-state index is 5.40. The fourth-order valence-electron chi connectivity index (χ4n) is 3.61. The number of tetrazole rings is 1. The molecule has 138 valence electrons. The van der Waals surface area contributed by atoms with Crippen LogP contribution in [-0.4, -0.2) is 43.2 Å². The Bertz CT molecular complexity index is 983. The van der Waals surface area contributed by atoms with Crippen LogP contribution in [0.15, 0.2) is 47.1 Å². The number of benzene rings is 1. The summed E-state index contributed by atoms with van der Waals surface area (Å²) in [5.74, 6) is 2.29. The number of hydrogen-bond donors (Lipinski definition) is 0. The zero-order valence-electron chi connectivity index (χ0n) is 14.9. The van der Waals surface area contributed by atoms with Gasteiger partial charge < -0.3 is 4.42 Å². The molecule has 4 aromatic rings. The molecule has 0 spiro atoms. The minimum atomic E-state index is 0.553. The third-order valence-corrected chi connectivity index (χ3v) is 6.30. The summed E-state index contributed by atoms with van der Waals surface area (Å²) in [6, 6.07) is 12.2. The highest BCUT2D eigenvalue weighted by Gasteiger charge is 2.24. The number of nitrogens with zero attached hydrogens (tertiary/aromatic N) is 6. The van der Waals surface area contributed by atoms with E-state index in [-0.39, 0.29) is 0 Å². The Kier molecular flexibility index (Phi) is 4.43. The summed E-state index contributed by atoms with van der Waals surface area (Å²) in [5.41, 5.74) is 1.12. The molecule has 1 saturated heterocycles. The summed E-state index contributed by atoms with van der Waals surface area (Å²) in [7, 11) is 0. The minimum Gasteiger partial charge on any atom is -0.467 e. The molecule has 0 radical (unpaired) electrons. The average Bonchev–Trinajstić information content (AvgIpc) is 3.44. The molecule has 0 N–H and O–H groups in total. The lowest BCUT2D eigenvalue weighted by atomic mass is 9.97. The van der Waals surface area contributed by atoms with Gasteiger partial charge in [-0.1, -0.05) is 12.1 Å². The Morgan fingerprint density at radius 1 is 1.07 bits per heavy atom. The molecule has 0 bridgehead atoms. The highest BCUT2D eigenvalue weighted by Crippen LogP contribution is 2.34. The quantitative estimate of drug-likeness (QED) is 0.529. The second-order valence-electron chi connectivity index (χ2n) is 6.90. The number of hydrogen-bond acceptors (Lipinski definition) is 7. The standard InChI is InChI=1S/C19H20N6OS/c1-2-6-17-16(5-1)20-19(27-17)14-7-9-24(10-8-14)13-18-21-22-23-25(18)12-15-4-3-11-26-15/h1-6,11,14H,7-10,12-13H2. The van der Waals surface area contributed by atoms with Crippen molar-refractivity contribution in [3.05, 3.63) is 59.3 Å². The molecule has 0 atom stereocenters. The van der Waals surface area contributed by atoms with E-state index in [9.17, 15) is 0 Å². The molecule has 1 aromatic carbocycles. The molecule has 0 amide bonds. The summed E-state index contributed by atoms with van der Waals surface area (Å²) in [6.45, 7) is 3.40. The zero-order valence-corrected chi connectivity index (χ0v) is 15.7. The van der Waals surface area contributed by atoms with Crippen molar-refractivity contribution in [2.45, 2.75) is 31.8 Å². The van der Waals surface area contributed by atoms with E-state index in [0.717, 1.165) is 49.6 Å². The van der Waals surface area contributed by atoms with Crippen molar-refractivity contribution < 1.29 is 4.42 Å². The van der Waals surface area contributed by atoms with Crippen molar-refractivity contribution in [2.24, 2.45) is 0 Å². The molecule has 3 aromatic heterocycles. The van der Waals surface area contributed by atoms with Gasteiger partial charge in [0.2, 0.25) is 0 Å². The van der Waals surface area contributed by atoms with Gasteiger partial charge >= 0.3 is 0 Å². The molecular formula is C19H20N6OS. The summed E-state index contributed by atoms with van der Waals surface area (Å²) in [5, 5.41) is 13.4. The number of likely N-dealkylation sites (tertiary alicyclic amines) is 1. The summed E-state index contributed by atoms with van der Waals surface area (Å²) in [4.78, 5) is 7.27. The van der Waals surface area contributed by atoms with E-state index in [1.165, 1.54) is 9.71 Å². The van der Waals surface area contributed by atoms with E-state index in [1.807, 2.05) is 28.2 Å². The average molecular weight is 380 g/mol. The van der Waals surface area contributed by atoms with Gasteiger partial charge in [0.05, 0.1) is 28.0 Å². The fraction of sp³-hybridized carbons (Fsp3) is 0.368. The summed E-state index contributed by atoms with van der Waals surface area (Å²) < 4.78 is 8.51. The topological polar surface area (TPSA) is 72.9 Å². The highest BCUT2D eigenvalue weighted by molar-refractivity contribution is 7.18. The lowest BCUT2D eigenvalue weighted by Gasteiger charge is -2.30. The largest absolute Gasteiger partial charge is 0.467 e. The van der Waals surface area contributed by atoms with Gasteiger partial charge in [0.25, 0.3) is 0 Å². The summed E-state index contributed by atoms with van der Waals surface area (Å²) >= 11 is 1.84. The third kappa shape index (κ3) is 3.50. The van der Waals surface area contributed by atoms with E-state index in [0.29, 0.717) is 12.5 Å². The molecule has 0 unspecified atom stereocenters. The molecule has 7 nitrogen and oxygen atoms in total. The number of para-hydroxylation sites is 1. The zero-order chi connectivity index (χ0) is 18.1. The molecule has 0 saturated carbocycles. The van der Waals surface area contributed by atoms with Crippen molar-refractivity contribution in [2.75, 3.05) is 13.1 Å². The number of aromatic nitrogens is 5. The molecule has 1 fully saturated rings. The van der Waals surface area contributed by atoms with Crippen LogP contribution in [0, 0.1) is 0 Å². The lowest BCUT2D eigenvalue weighted by molar-refractivity contribution is 0.197. The predicted molar refractivity (Wildman–Crippen MR) is 102 cm³/mol. The Hall–Kier alpha value is -2.58. The smallest absolute Gasteiger partial charge is 0.165 e. The Balaban J connectivity index is 1.22. The minimum absolute atomic E-state index is 0.553. The second-order valence-corrected chi connectivity index (χ2v) is 7.96. The molecule has 5 rings (SSSR count). The first kappa shape index (κ1) is 16.6. The van der Waals surface area contributed by atoms with Crippen molar-refractivity contribution in [1.82, 2.24) is 30.1 Å². The van der Waals surface area contributed by atoms with Gasteiger partial charge in [-0.05, 0) is 60.6 Å². The molecule has 1 aliphatic rings. The Morgan fingerprint density at radius 3 is 2.78 bits per heavy atom. The number of thiazole rings is 1. The first-order chi connectivity index (χ1) is 13.3. The predicted octanol–water partition coefficient (Wildman–Crippen LogP) is 3.30. The number of fused-ring (bicyclic) bond motifs is 1. The first-order valence-electron chi connectivity index (χ1n) is 9.20. The van der Waals surface area contributed by atoms with Gasteiger partial charge in [-0.25, -0.2) is 9.67 Å². The number of rotatable bonds is 5. The third-order valence-electron chi connectivity index (χ3n) is 5.10. The normalized spacial score (nSPS) is 16.3. The van der Waals surface area contributed by atoms with Gasteiger partial charge in [-0.2, -0.15) is 0 Å². The van der Waals surface area contributed by atoms with Crippen molar-refractivity contribution in [1.29, 1.82) is 0 Å². The van der Waals surface area contributed by atoms with Crippen molar-refractivity contribution >= 4 is 21.6 Å². The van der Waals surface area contributed by atoms with Gasteiger partial charge in [-0.3, -0.25) is 4.90 Å².